The lowest BCUT2D eigenvalue weighted by molar-refractivity contribution is 0.0953. The predicted octanol–water partition coefficient (Wildman–Crippen LogP) is 0.527. The molecule has 0 radical (unpaired) electrons. The molecule has 5 nitrogen and oxygen atoms in total. The number of nitrogens with one attached hydrogen (secondary N) is 1. The molecule has 0 aliphatic carbocycles. The van der Waals surface area contributed by atoms with Gasteiger partial charge in [0.15, 0.2) is 0 Å². The van der Waals surface area contributed by atoms with Crippen molar-refractivity contribution >= 4 is 5.91 Å². The van der Waals surface area contributed by atoms with Gasteiger partial charge in [0, 0.05) is 12.7 Å². The Morgan fingerprint density at radius 3 is 2.56 bits per heavy atom. The summed E-state index contributed by atoms with van der Waals surface area (Å²) in [4.78, 5) is 17.7. The van der Waals surface area contributed by atoms with E-state index >= 15 is 0 Å². The van der Waals surface area contributed by atoms with Crippen molar-refractivity contribution < 1.29 is 4.79 Å². The van der Waals surface area contributed by atoms with Crippen molar-refractivity contribution in [3.63, 3.8) is 0 Å². The van der Waals surface area contributed by atoms with Crippen LogP contribution in [0.2, 0.25) is 0 Å². The summed E-state index contributed by atoms with van der Waals surface area (Å²) in [7, 11) is 0. The first kappa shape index (κ1) is 12.6. The molecule has 0 saturated carbocycles. The summed E-state index contributed by atoms with van der Waals surface area (Å²) < 4.78 is 0. The smallest absolute Gasteiger partial charge is 0.266 e. The van der Waals surface area contributed by atoms with E-state index in [1.165, 1.54) is 0 Å². The summed E-state index contributed by atoms with van der Waals surface area (Å²) in [5.41, 5.74) is 3.51. The zero-order chi connectivity index (χ0) is 12.0. The monoisotopic (exact) mass is 222 g/mol. The standard InChI is InChI=1S/C11H18N4O/c1-3-15(4-2)8-10-6-5-9(7-13-10)11(16)14-12/h5-7H,3-4,8,12H2,1-2H3,(H,14,16). The SMILES string of the molecule is CCN(CC)Cc1ccc(C(=O)NN)cn1. The molecule has 1 rings (SSSR count). The Labute approximate surface area is 95.6 Å². The van der Waals surface area contributed by atoms with Gasteiger partial charge in [0.2, 0.25) is 0 Å². The van der Waals surface area contributed by atoms with Crippen LogP contribution >= 0.6 is 0 Å². The maximum atomic E-state index is 11.2. The summed E-state index contributed by atoms with van der Waals surface area (Å²) in [6, 6.07) is 3.58. The van der Waals surface area contributed by atoms with Crippen LogP contribution in [0.25, 0.3) is 0 Å². The molecule has 0 aliphatic heterocycles. The molecule has 0 unspecified atom stereocenters. The summed E-state index contributed by atoms with van der Waals surface area (Å²) >= 11 is 0. The van der Waals surface area contributed by atoms with Crippen LogP contribution in [0.4, 0.5) is 0 Å². The molecule has 0 bridgehead atoms. The van der Waals surface area contributed by atoms with Gasteiger partial charge in [-0.1, -0.05) is 13.8 Å². The molecule has 0 aliphatic rings. The lowest BCUT2D eigenvalue weighted by Gasteiger charge is -2.17. The first-order valence-electron chi connectivity index (χ1n) is 5.39. The van der Waals surface area contributed by atoms with Crippen molar-refractivity contribution in [1.82, 2.24) is 15.3 Å². The molecule has 1 aromatic heterocycles. The van der Waals surface area contributed by atoms with Crippen LogP contribution in [0, 0.1) is 0 Å². The van der Waals surface area contributed by atoms with Crippen molar-refractivity contribution in [1.29, 1.82) is 0 Å². The third kappa shape index (κ3) is 3.29. The van der Waals surface area contributed by atoms with E-state index in [0.29, 0.717) is 5.56 Å². The van der Waals surface area contributed by atoms with Gasteiger partial charge in [-0.3, -0.25) is 20.1 Å². The molecule has 0 spiro atoms. The van der Waals surface area contributed by atoms with E-state index in [-0.39, 0.29) is 5.91 Å². The van der Waals surface area contributed by atoms with Crippen molar-refractivity contribution in [3.05, 3.63) is 29.6 Å². The van der Waals surface area contributed by atoms with Crippen molar-refractivity contribution in [2.45, 2.75) is 20.4 Å². The fourth-order valence-electron chi connectivity index (χ4n) is 1.41. The molecule has 0 fully saturated rings. The highest BCUT2D eigenvalue weighted by Gasteiger charge is 2.05. The largest absolute Gasteiger partial charge is 0.298 e. The van der Waals surface area contributed by atoms with E-state index in [9.17, 15) is 4.79 Å². The van der Waals surface area contributed by atoms with Crippen molar-refractivity contribution in [2.75, 3.05) is 13.1 Å². The lowest BCUT2D eigenvalue weighted by Crippen LogP contribution is -2.30. The normalized spacial score (nSPS) is 10.5. The fraction of sp³-hybridized carbons (Fsp3) is 0.455. The Balaban J connectivity index is 2.67. The number of nitrogens with two attached hydrogens (primary N) is 1. The van der Waals surface area contributed by atoms with Gasteiger partial charge in [0.25, 0.3) is 5.91 Å². The van der Waals surface area contributed by atoms with Crippen LogP contribution in [0.15, 0.2) is 18.3 Å². The molecule has 0 aromatic carbocycles. The third-order valence-corrected chi connectivity index (χ3v) is 2.50. The highest BCUT2D eigenvalue weighted by atomic mass is 16.2. The highest BCUT2D eigenvalue weighted by Crippen LogP contribution is 2.03. The number of rotatable bonds is 5. The summed E-state index contributed by atoms with van der Waals surface area (Å²) in [6.07, 6.45) is 1.54. The average Bonchev–Trinajstić information content (AvgIpc) is 2.35. The molecule has 1 aromatic rings. The number of amides is 1. The molecule has 1 heterocycles. The number of hydrogen-bond acceptors (Lipinski definition) is 4. The van der Waals surface area contributed by atoms with Gasteiger partial charge in [0.05, 0.1) is 11.3 Å². The number of carbonyl (C=O) groups is 1. The Bertz CT molecular complexity index is 332. The molecule has 88 valence electrons. The molecule has 0 atom stereocenters. The second kappa shape index (κ2) is 6.19. The zero-order valence-corrected chi connectivity index (χ0v) is 9.73. The van der Waals surface area contributed by atoms with Gasteiger partial charge < -0.3 is 0 Å². The molecule has 3 N–H and O–H groups in total. The van der Waals surface area contributed by atoms with E-state index in [1.54, 1.807) is 12.3 Å². The number of pyridine rings is 1. The van der Waals surface area contributed by atoms with Gasteiger partial charge >= 0.3 is 0 Å². The van der Waals surface area contributed by atoms with Crippen LogP contribution in [-0.2, 0) is 6.54 Å². The first-order chi connectivity index (χ1) is 7.71. The van der Waals surface area contributed by atoms with E-state index in [4.69, 9.17) is 5.84 Å². The Morgan fingerprint density at radius 2 is 2.12 bits per heavy atom. The Morgan fingerprint density at radius 1 is 1.44 bits per heavy atom. The number of carbonyl (C=O) groups excluding carboxylic acids is 1. The first-order valence-corrected chi connectivity index (χ1v) is 5.39. The molecule has 16 heavy (non-hydrogen) atoms. The van der Waals surface area contributed by atoms with Gasteiger partial charge in [-0.15, -0.1) is 0 Å². The summed E-state index contributed by atoms with van der Waals surface area (Å²) in [5.74, 6) is 4.71. The number of hydrazine groups is 1. The molecule has 0 saturated heterocycles. The maximum Gasteiger partial charge on any atom is 0.266 e. The molecule has 1 amide bonds. The summed E-state index contributed by atoms with van der Waals surface area (Å²) in [5, 5.41) is 0. The van der Waals surface area contributed by atoms with Gasteiger partial charge in [-0.05, 0) is 25.2 Å². The van der Waals surface area contributed by atoms with Gasteiger partial charge in [-0.25, -0.2) is 5.84 Å². The quantitative estimate of drug-likeness (QED) is 0.433. The van der Waals surface area contributed by atoms with Gasteiger partial charge in [-0.2, -0.15) is 0 Å². The maximum absolute atomic E-state index is 11.2. The van der Waals surface area contributed by atoms with E-state index in [0.717, 1.165) is 25.3 Å². The van der Waals surface area contributed by atoms with E-state index < -0.39 is 0 Å². The number of nitrogen functional groups attached to an aromatic ring is 1. The summed E-state index contributed by atoms with van der Waals surface area (Å²) in [6.45, 7) is 7.00. The lowest BCUT2D eigenvalue weighted by atomic mass is 10.2. The van der Waals surface area contributed by atoms with Crippen molar-refractivity contribution in [3.8, 4) is 0 Å². The average molecular weight is 222 g/mol. The topological polar surface area (TPSA) is 71.2 Å². The van der Waals surface area contributed by atoms with Crippen LogP contribution < -0.4 is 11.3 Å². The Kier molecular flexibility index (Phi) is 4.88. The zero-order valence-electron chi connectivity index (χ0n) is 9.73. The minimum Gasteiger partial charge on any atom is -0.298 e. The van der Waals surface area contributed by atoms with Gasteiger partial charge in [0.1, 0.15) is 0 Å². The highest BCUT2D eigenvalue weighted by molar-refractivity contribution is 5.93. The van der Waals surface area contributed by atoms with Crippen LogP contribution in [0.3, 0.4) is 0 Å². The molecular formula is C11H18N4O. The number of nitrogens with zero attached hydrogens (tertiary/aromatic N) is 2. The van der Waals surface area contributed by atoms with Crippen LogP contribution in [0.5, 0.6) is 0 Å². The van der Waals surface area contributed by atoms with Crippen LogP contribution in [0.1, 0.15) is 29.9 Å². The third-order valence-electron chi connectivity index (χ3n) is 2.50. The minimum atomic E-state index is -0.318. The van der Waals surface area contributed by atoms with Crippen molar-refractivity contribution in [2.24, 2.45) is 5.84 Å². The number of aromatic nitrogens is 1. The number of hydrogen-bond donors (Lipinski definition) is 2. The minimum absolute atomic E-state index is 0.318. The molecule has 5 heteroatoms. The second-order valence-corrected chi connectivity index (χ2v) is 3.47. The van der Waals surface area contributed by atoms with E-state index in [2.05, 4.69) is 29.2 Å². The van der Waals surface area contributed by atoms with E-state index in [1.807, 2.05) is 6.07 Å². The fourth-order valence-corrected chi connectivity index (χ4v) is 1.41. The molecular weight excluding hydrogens is 204 g/mol. The van der Waals surface area contributed by atoms with Crippen LogP contribution in [-0.4, -0.2) is 28.9 Å². The predicted molar refractivity (Wildman–Crippen MR) is 62.5 cm³/mol. The Hall–Kier alpha value is -1.46. The second-order valence-electron chi connectivity index (χ2n) is 3.47.